The van der Waals surface area contributed by atoms with Gasteiger partial charge in [0.05, 0.1) is 18.8 Å². The lowest BCUT2D eigenvalue weighted by Gasteiger charge is -2.19. The Bertz CT molecular complexity index is 511. The van der Waals surface area contributed by atoms with Gasteiger partial charge in [0.2, 0.25) is 5.88 Å². The van der Waals surface area contributed by atoms with E-state index in [1.165, 1.54) is 0 Å². The first-order chi connectivity index (χ1) is 12.1. The molecule has 1 amide bonds. The maximum absolute atomic E-state index is 12.3. The lowest BCUT2D eigenvalue weighted by molar-refractivity contribution is 0.0936. The molecule has 2 atom stereocenters. The van der Waals surface area contributed by atoms with E-state index in [1.807, 2.05) is 6.92 Å². The highest BCUT2D eigenvalue weighted by molar-refractivity contribution is 5.94. The summed E-state index contributed by atoms with van der Waals surface area (Å²) < 4.78 is 11.0. The number of hydrogen-bond acceptors (Lipinski definition) is 5. The van der Waals surface area contributed by atoms with Gasteiger partial charge >= 0.3 is 0 Å². The van der Waals surface area contributed by atoms with E-state index in [4.69, 9.17) is 9.47 Å². The molecular weight excluding hydrogens is 318 g/mol. The maximum atomic E-state index is 12.3. The predicted molar refractivity (Wildman–Crippen MR) is 98.0 cm³/mol. The third-order valence-electron chi connectivity index (χ3n) is 4.56. The monoisotopic (exact) mass is 349 g/mol. The standard InChI is InChI=1S/C19H31N3O3/c1-4-22(5-2)11-6-7-15(3)21-19(23)16-8-9-18(20-13-16)25-17-10-12-24-14-17/h8-9,13,15,17H,4-7,10-12,14H2,1-3H3,(H,21,23). The number of rotatable bonds is 10. The molecule has 0 spiro atoms. The fourth-order valence-electron chi connectivity index (χ4n) is 2.90. The van der Waals surface area contributed by atoms with Crippen LogP contribution in [0.15, 0.2) is 18.3 Å². The molecule has 1 aromatic rings. The minimum absolute atomic E-state index is 0.0676. The summed E-state index contributed by atoms with van der Waals surface area (Å²) in [5, 5.41) is 3.04. The average molecular weight is 349 g/mol. The van der Waals surface area contributed by atoms with Crippen molar-refractivity contribution in [3.8, 4) is 5.88 Å². The first kappa shape index (κ1) is 19.7. The van der Waals surface area contributed by atoms with E-state index in [-0.39, 0.29) is 18.1 Å². The van der Waals surface area contributed by atoms with Crippen molar-refractivity contribution in [2.45, 2.75) is 52.2 Å². The molecule has 2 unspecified atom stereocenters. The van der Waals surface area contributed by atoms with Crippen molar-refractivity contribution in [1.82, 2.24) is 15.2 Å². The molecule has 1 N–H and O–H groups in total. The quantitative estimate of drug-likeness (QED) is 0.703. The van der Waals surface area contributed by atoms with Gasteiger partial charge in [0.15, 0.2) is 0 Å². The highest BCUT2D eigenvalue weighted by Crippen LogP contribution is 2.14. The fourth-order valence-corrected chi connectivity index (χ4v) is 2.90. The van der Waals surface area contributed by atoms with Crippen molar-refractivity contribution in [3.63, 3.8) is 0 Å². The molecule has 1 aliphatic heterocycles. The number of nitrogens with zero attached hydrogens (tertiary/aromatic N) is 2. The second kappa shape index (κ2) is 10.4. The number of pyridine rings is 1. The predicted octanol–water partition coefficient (Wildman–Crippen LogP) is 2.49. The Morgan fingerprint density at radius 3 is 2.84 bits per heavy atom. The smallest absolute Gasteiger partial charge is 0.253 e. The van der Waals surface area contributed by atoms with Crippen LogP contribution in [0.25, 0.3) is 0 Å². The van der Waals surface area contributed by atoms with Crippen LogP contribution in [0.2, 0.25) is 0 Å². The largest absolute Gasteiger partial charge is 0.472 e. The van der Waals surface area contributed by atoms with Crippen LogP contribution in [0.3, 0.4) is 0 Å². The van der Waals surface area contributed by atoms with Gasteiger partial charge in [0.25, 0.3) is 5.91 Å². The van der Waals surface area contributed by atoms with E-state index in [1.54, 1.807) is 18.3 Å². The molecule has 2 heterocycles. The average Bonchev–Trinajstić information content (AvgIpc) is 3.12. The lowest BCUT2D eigenvalue weighted by Crippen LogP contribution is -2.33. The zero-order valence-electron chi connectivity index (χ0n) is 15.7. The van der Waals surface area contributed by atoms with Gasteiger partial charge < -0.3 is 19.7 Å². The SMILES string of the molecule is CCN(CC)CCCC(C)NC(=O)c1ccc(OC2CCOC2)nc1. The molecule has 0 aliphatic carbocycles. The number of hydrogen-bond donors (Lipinski definition) is 1. The van der Waals surface area contributed by atoms with Gasteiger partial charge in [0.1, 0.15) is 6.10 Å². The Kier molecular flexibility index (Phi) is 8.15. The molecule has 0 bridgehead atoms. The van der Waals surface area contributed by atoms with E-state index < -0.39 is 0 Å². The van der Waals surface area contributed by atoms with Crippen molar-refractivity contribution < 1.29 is 14.3 Å². The van der Waals surface area contributed by atoms with E-state index in [0.717, 1.165) is 45.5 Å². The highest BCUT2D eigenvalue weighted by atomic mass is 16.5. The first-order valence-corrected chi connectivity index (χ1v) is 9.36. The molecule has 0 saturated carbocycles. The van der Waals surface area contributed by atoms with Crippen LogP contribution in [0.5, 0.6) is 5.88 Å². The molecule has 2 rings (SSSR count). The first-order valence-electron chi connectivity index (χ1n) is 9.36. The Hall–Kier alpha value is -1.66. The molecule has 1 aromatic heterocycles. The summed E-state index contributed by atoms with van der Waals surface area (Å²) in [5.74, 6) is 0.456. The Morgan fingerprint density at radius 1 is 1.44 bits per heavy atom. The molecule has 6 nitrogen and oxygen atoms in total. The number of nitrogens with one attached hydrogen (secondary N) is 1. The second-order valence-electron chi connectivity index (χ2n) is 6.53. The Morgan fingerprint density at radius 2 is 2.24 bits per heavy atom. The molecule has 140 valence electrons. The summed E-state index contributed by atoms with van der Waals surface area (Å²) in [6.45, 7) is 11.0. The zero-order chi connectivity index (χ0) is 18.1. The van der Waals surface area contributed by atoms with Gasteiger partial charge in [-0.25, -0.2) is 4.98 Å². The Labute approximate surface area is 150 Å². The van der Waals surface area contributed by atoms with E-state index in [2.05, 4.69) is 29.0 Å². The summed E-state index contributed by atoms with van der Waals surface area (Å²) in [6.07, 6.45) is 4.58. The number of amides is 1. The van der Waals surface area contributed by atoms with Crippen molar-refractivity contribution >= 4 is 5.91 Å². The maximum Gasteiger partial charge on any atom is 0.253 e. The topological polar surface area (TPSA) is 63.7 Å². The van der Waals surface area contributed by atoms with Crippen LogP contribution in [-0.4, -0.2) is 60.8 Å². The molecule has 25 heavy (non-hydrogen) atoms. The molecule has 0 radical (unpaired) electrons. The molecule has 6 heteroatoms. The van der Waals surface area contributed by atoms with Crippen LogP contribution >= 0.6 is 0 Å². The molecule has 1 saturated heterocycles. The number of carbonyl (C=O) groups excluding carboxylic acids is 1. The van der Waals surface area contributed by atoms with Gasteiger partial charge in [-0.05, 0) is 45.5 Å². The lowest BCUT2D eigenvalue weighted by atomic mass is 10.1. The van der Waals surface area contributed by atoms with Gasteiger partial charge in [-0.1, -0.05) is 13.8 Å². The van der Waals surface area contributed by atoms with Gasteiger partial charge in [-0.15, -0.1) is 0 Å². The normalized spacial score (nSPS) is 18.3. The van der Waals surface area contributed by atoms with Crippen LogP contribution in [0.4, 0.5) is 0 Å². The second-order valence-corrected chi connectivity index (χ2v) is 6.53. The minimum Gasteiger partial charge on any atom is -0.472 e. The third-order valence-corrected chi connectivity index (χ3v) is 4.56. The Balaban J connectivity index is 1.73. The molecule has 0 aromatic carbocycles. The zero-order valence-corrected chi connectivity index (χ0v) is 15.7. The van der Waals surface area contributed by atoms with Crippen LogP contribution in [0.1, 0.15) is 50.4 Å². The summed E-state index contributed by atoms with van der Waals surface area (Å²) in [5.41, 5.74) is 0.561. The third kappa shape index (κ3) is 6.63. The van der Waals surface area contributed by atoms with E-state index >= 15 is 0 Å². The summed E-state index contributed by atoms with van der Waals surface area (Å²) in [6, 6.07) is 3.66. The van der Waals surface area contributed by atoms with Crippen molar-refractivity contribution in [1.29, 1.82) is 0 Å². The highest BCUT2D eigenvalue weighted by Gasteiger charge is 2.18. The number of carbonyl (C=O) groups is 1. The minimum atomic E-state index is -0.0846. The van der Waals surface area contributed by atoms with Crippen LogP contribution in [0, 0.1) is 0 Å². The summed E-state index contributed by atoms with van der Waals surface area (Å²) >= 11 is 0. The number of ether oxygens (including phenoxy) is 2. The van der Waals surface area contributed by atoms with E-state index in [9.17, 15) is 4.79 Å². The van der Waals surface area contributed by atoms with Gasteiger partial charge in [-0.3, -0.25) is 4.79 Å². The summed E-state index contributed by atoms with van der Waals surface area (Å²) in [7, 11) is 0. The fraction of sp³-hybridized carbons (Fsp3) is 0.684. The summed E-state index contributed by atoms with van der Waals surface area (Å²) in [4.78, 5) is 18.9. The van der Waals surface area contributed by atoms with Crippen LogP contribution < -0.4 is 10.1 Å². The molecule has 1 fully saturated rings. The van der Waals surface area contributed by atoms with E-state index in [0.29, 0.717) is 18.1 Å². The van der Waals surface area contributed by atoms with Crippen molar-refractivity contribution in [2.24, 2.45) is 0 Å². The van der Waals surface area contributed by atoms with Gasteiger partial charge in [0, 0.05) is 24.7 Å². The van der Waals surface area contributed by atoms with Gasteiger partial charge in [-0.2, -0.15) is 0 Å². The van der Waals surface area contributed by atoms with Crippen LogP contribution in [-0.2, 0) is 4.74 Å². The van der Waals surface area contributed by atoms with Crippen molar-refractivity contribution in [2.75, 3.05) is 32.8 Å². The van der Waals surface area contributed by atoms with Crippen molar-refractivity contribution in [3.05, 3.63) is 23.9 Å². The molecule has 1 aliphatic rings. The molecular formula is C19H31N3O3. The number of aromatic nitrogens is 1.